The molecule has 0 bridgehead atoms. The summed E-state index contributed by atoms with van der Waals surface area (Å²) in [4.78, 5) is 22.6. The van der Waals surface area contributed by atoms with Crippen molar-refractivity contribution in [1.29, 1.82) is 0 Å². The van der Waals surface area contributed by atoms with Gasteiger partial charge in [-0.05, 0) is 29.0 Å². The van der Waals surface area contributed by atoms with Crippen LogP contribution in [0.5, 0.6) is 0 Å². The minimum Gasteiger partial charge on any atom is -0.477 e. The Morgan fingerprint density at radius 2 is 2.04 bits per heavy atom. The third-order valence-electron chi connectivity index (χ3n) is 2.93. The Balaban J connectivity index is 1.63. The van der Waals surface area contributed by atoms with E-state index in [1.54, 1.807) is 11.4 Å². The molecular formula is C17H17NO4S. The largest absolute Gasteiger partial charge is 0.477 e. The number of carbonyl (C=O) groups excluding carboxylic acids is 1. The molecule has 0 radical (unpaired) electrons. The molecule has 0 aliphatic carbocycles. The summed E-state index contributed by atoms with van der Waals surface area (Å²) in [6, 6.07) is 11.1. The van der Waals surface area contributed by atoms with Gasteiger partial charge in [0.2, 0.25) is 0 Å². The van der Waals surface area contributed by atoms with Crippen LogP contribution in [0.3, 0.4) is 0 Å². The van der Waals surface area contributed by atoms with E-state index >= 15 is 0 Å². The molecule has 0 fully saturated rings. The average molecular weight is 331 g/mol. The van der Waals surface area contributed by atoms with Crippen LogP contribution >= 0.6 is 11.3 Å². The Morgan fingerprint density at radius 3 is 2.74 bits per heavy atom. The highest BCUT2D eigenvalue weighted by Gasteiger charge is 2.04. The zero-order valence-corrected chi connectivity index (χ0v) is 13.2. The number of hydrogen-bond acceptors (Lipinski definition) is 4. The summed E-state index contributed by atoms with van der Waals surface area (Å²) in [7, 11) is 0. The number of nitrogens with one attached hydrogen (secondary N) is 1. The van der Waals surface area contributed by atoms with Gasteiger partial charge in [-0.15, -0.1) is 11.3 Å². The van der Waals surface area contributed by atoms with Crippen LogP contribution in [0.2, 0.25) is 0 Å². The fraction of sp³-hybridized carbons (Fsp3) is 0.176. The first kappa shape index (κ1) is 16.8. The lowest BCUT2D eigenvalue weighted by Gasteiger charge is -2.05. The fourth-order valence-electron chi connectivity index (χ4n) is 1.80. The third kappa shape index (κ3) is 5.96. The van der Waals surface area contributed by atoms with Crippen molar-refractivity contribution in [3.63, 3.8) is 0 Å². The predicted molar refractivity (Wildman–Crippen MR) is 89.6 cm³/mol. The Labute approximate surface area is 138 Å². The highest BCUT2D eigenvalue weighted by Crippen LogP contribution is 2.15. The lowest BCUT2D eigenvalue weighted by atomic mass is 10.2. The topological polar surface area (TPSA) is 75.6 Å². The second-order valence-corrected chi connectivity index (χ2v) is 5.64. The highest BCUT2D eigenvalue weighted by atomic mass is 32.1. The van der Waals surface area contributed by atoms with Gasteiger partial charge in [0.1, 0.15) is 11.5 Å². The number of carboxylic acids is 1. The van der Waals surface area contributed by atoms with Gasteiger partial charge in [0.15, 0.2) is 0 Å². The number of aromatic carboxylic acids is 1. The summed E-state index contributed by atoms with van der Waals surface area (Å²) in [6.07, 6.45) is 3.90. The Morgan fingerprint density at radius 1 is 1.26 bits per heavy atom. The maximum atomic E-state index is 11.5. The van der Waals surface area contributed by atoms with Crippen molar-refractivity contribution in [2.24, 2.45) is 0 Å². The highest BCUT2D eigenvalue weighted by molar-refractivity contribution is 7.12. The van der Waals surface area contributed by atoms with Gasteiger partial charge in [0, 0.05) is 6.54 Å². The van der Waals surface area contributed by atoms with Gasteiger partial charge in [0.05, 0.1) is 0 Å². The molecule has 2 rings (SSSR count). The molecule has 1 amide bonds. The van der Waals surface area contributed by atoms with Crippen LogP contribution in [-0.4, -0.2) is 23.7 Å². The van der Waals surface area contributed by atoms with Crippen LogP contribution < -0.4 is 5.32 Å². The number of ether oxygens (including phenoxy) is 1. The van der Waals surface area contributed by atoms with Gasteiger partial charge in [-0.25, -0.2) is 9.59 Å². The van der Waals surface area contributed by atoms with Crippen LogP contribution in [0, 0.1) is 0 Å². The minimum atomic E-state index is -0.919. The van der Waals surface area contributed by atoms with Gasteiger partial charge in [-0.1, -0.05) is 42.5 Å². The zero-order chi connectivity index (χ0) is 16.5. The lowest BCUT2D eigenvalue weighted by molar-refractivity contribution is 0.0702. The number of thiophene rings is 1. The van der Waals surface area contributed by atoms with Gasteiger partial charge in [0.25, 0.3) is 0 Å². The smallest absolute Gasteiger partial charge is 0.407 e. The van der Waals surface area contributed by atoms with Crippen molar-refractivity contribution in [2.45, 2.75) is 13.0 Å². The summed E-state index contributed by atoms with van der Waals surface area (Å²) < 4.78 is 5.08. The fourth-order valence-corrected chi connectivity index (χ4v) is 2.52. The molecule has 0 aliphatic heterocycles. The van der Waals surface area contributed by atoms with Crippen LogP contribution in [-0.2, 0) is 11.3 Å². The number of carbonyl (C=O) groups is 2. The van der Waals surface area contributed by atoms with E-state index in [4.69, 9.17) is 9.84 Å². The first-order valence-corrected chi connectivity index (χ1v) is 7.96. The van der Waals surface area contributed by atoms with Crippen molar-refractivity contribution >= 4 is 29.5 Å². The molecule has 5 nitrogen and oxygen atoms in total. The van der Waals surface area contributed by atoms with Gasteiger partial charge < -0.3 is 15.2 Å². The molecule has 0 unspecified atom stereocenters. The van der Waals surface area contributed by atoms with Crippen molar-refractivity contribution in [3.8, 4) is 0 Å². The van der Waals surface area contributed by atoms with Crippen LogP contribution in [0.25, 0.3) is 6.08 Å². The average Bonchev–Trinajstić information content (AvgIpc) is 3.03. The van der Waals surface area contributed by atoms with E-state index in [1.165, 1.54) is 11.3 Å². The summed E-state index contributed by atoms with van der Waals surface area (Å²) >= 11 is 1.19. The van der Waals surface area contributed by atoms with E-state index in [-0.39, 0.29) is 6.61 Å². The second kappa shape index (κ2) is 8.75. The molecule has 0 aliphatic rings. The van der Waals surface area contributed by atoms with Crippen molar-refractivity contribution in [1.82, 2.24) is 5.32 Å². The van der Waals surface area contributed by atoms with Crippen LogP contribution in [0.1, 0.15) is 27.2 Å². The molecule has 0 atom stereocenters. The number of hydrogen-bond donors (Lipinski definition) is 2. The van der Waals surface area contributed by atoms with E-state index in [9.17, 15) is 9.59 Å². The Kier molecular flexibility index (Phi) is 6.38. The summed E-state index contributed by atoms with van der Waals surface area (Å²) in [5, 5.41) is 13.3. The van der Waals surface area contributed by atoms with Gasteiger partial charge in [-0.2, -0.15) is 0 Å². The lowest BCUT2D eigenvalue weighted by Crippen LogP contribution is -2.24. The van der Waals surface area contributed by atoms with Gasteiger partial charge >= 0.3 is 12.1 Å². The van der Waals surface area contributed by atoms with E-state index in [1.807, 2.05) is 42.5 Å². The molecule has 120 valence electrons. The molecule has 0 saturated carbocycles. The summed E-state index contributed by atoms with van der Waals surface area (Å²) in [5.41, 5.74) is 1.79. The van der Waals surface area contributed by atoms with E-state index < -0.39 is 12.1 Å². The molecule has 0 spiro atoms. The van der Waals surface area contributed by atoms with Crippen LogP contribution in [0.15, 0.2) is 47.9 Å². The molecule has 1 aromatic heterocycles. The Bertz CT molecular complexity index is 679. The van der Waals surface area contributed by atoms with Crippen molar-refractivity contribution < 1.29 is 19.4 Å². The number of alkyl carbamates (subject to hydrolysis) is 1. The van der Waals surface area contributed by atoms with Crippen molar-refractivity contribution in [3.05, 3.63) is 63.9 Å². The minimum absolute atomic E-state index is 0.245. The molecular weight excluding hydrogens is 314 g/mol. The molecule has 2 aromatic rings. The van der Waals surface area contributed by atoms with E-state index in [0.717, 1.165) is 11.1 Å². The maximum absolute atomic E-state index is 11.5. The molecule has 2 N–H and O–H groups in total. The molecule has 1 heterocycles. The number of carboxylic acid groups (broad SMARTS) is 1. The van der Waals surface area contributed by atoms with Gasteiger partial charge in [-0.3, -0.25) is 0 Å². The molecule has 23 heavy (non-hydrogen) atoms. The zero-order valence-electron chi connectivity index (χ0n) is 12.4. The third-order valence-corrected chi connectivity index (χ3v) is 3.87. The molecule has 6 heteroatoms. The predicted octanol–water partition coefficient (Wildman–Crippen LogP) is 3.78. The number of rotatable bonds is 7. The van der Waals surface area contributed by atoms with E-state index in [0.29, 0.717) is 17.8 Å². The van der Waals surface area contributed by atoms with E-state index in [2.05, 4.69) is 5.32 Å². The summed E-state index contributed by atoms with van der Waals surface area (Å²) in [6.45, 7) is 0.704. The maximum Gasteiger partial charge on any atom is 0.407 e. The SMILES string of the molecule is O=C(NCCC=Cc1csc(C(=O)O)c1)OCc1ccccc1. The van der Waals surface area contributed by atoms with Crippen LogP contribution in [0.4, 0.5) is 4.79 Å². The first-order valence-electron chi connectivity index (χ1n) is 7.08. The number of amides is 1. The standard InChI is InChI=1S/C17H17NO4S/c19-16(20)15-10-14(12-23-15)8-4-5-9-18-17(21)22-11-13-6-2-1-3-7-13/h1-4,6-8,10,12H,5,9,11H2,(H,18,21)(H,19,20). The normalized spacial score (nSPS) is 10.6. The quantitative estimate of drug-likeness (QED) is 0.757. The summed E-state index contributed by atoms with van der Waals surface area (Å²) in [5.74, 6) is -0.919. The molecule has 1 aromatic carbocycles. The van der Waals surface area contributed by atoms with Crippen molar-refractivity contribution in [2.75, 3.05) is 6.54 Å². The number of benzene rings is 1. The molecule has 0 saturated heterocycles. The first-order chi connectivity index (χ1) is 11.1. The second-order valence-electron chi connectivity index (χ2n) is 4.73. The monoisotopic (exact) mass is 331 g/mol. The Hall–Kier alpha value is -2.60.